The molecule has 2 aromatic rings. The Bertz CT molecular complexity index is 1100. The van der Waals surface area contributed by atoms with Gasteiger partial charge in [0.1, 0.15) is 5.82 Å². The average molecular weight is 464 g/mol. The third-order valence-corrected chi connectivity index (χ3v) is 7.50. The molecule has 1 amide bonds. The van der Waals surface area contributed by atoms with Gasteiger partial charge in [-0.3, -0.25) is 4.79 Å². The number of sulfonamides is 1. The lowest BCUT2D eigenvalue weighted by molar-refractivity contribution is 0.0730. The Hall–Kier alpha value is -2.53. The summed E-state index contributed by atoms with van der Waals surface area (Å²) in [5.74, 6) is -0.853. The third kappa shape index (κ3) is 4.78. The molecular formula is C22H26FN3O5S. The zero-order valence-electron chi connectivity index (χ0n) is 17.8. The Morgan fingerprint density at radius 2 is 1.62 bits per heavy atom. The number of halogens is 1. The minimum absolute atomic E-state index is 0.0531. The lowest BCUT2D eigenvalue weighted by Crippen LogP contribution is -2.41. The summed E-state index contributed by atoms with van der Waals surface area (Å²) in [5, 5.41) is 2.80. The molecule has 0 aliphatic carbocycles. The van der Waals surface area contributed by atoms with Gasteiger partial charge < -0.3 is 19.7 Å². The Kier molecular flexibility index (Phi) is 6.75. The number of anilines is 2. The predicted octanol–water partition coefficient (Wildman–Crippen LogP) is 2.24. The van der Waals surface area contributed by atoms with E-state index in [0.717, 1.165) is 0 Å². The number of ether oxygens (including phenoxy) is 2. The highest BCUT2D eigenvalue weighted by Crippen LogP contribution is 2.28. The molecule has 0 radical (unpaired) electrons. The maximum atomic E-state index is 13.5. The van der Waals surface area contributed by atoms with Crippen molar-refractivity contribution < 1.29 is 27.1 Å². The summed E-state index contributed by atoms with van der Waals surface area (Å²) < 4.78 is 51.8. The molecule has 2 aliphatic rings. The number of amides is 1. The number of hydrogen-bond donors (Lipinski definition) is 1. The molecule has 0 unspecified atom stereocenters. The van der Waals surface area contributed by atoms with Gasteiger partial charge in [0.25, 0.3) is 5.91 Å². The minimum atomic E-state index is -3.77. The van der Waals surface area contributed by atoms with Crippen molar-refractivity contribution in [1.82, 2.24) is 4.31 Å². The quantitative estimate of drug-likeness (QED) is 0.732. The van der Waals surface area contributed by atoms with E-state index in [2.05, 4.69) is 5.32 Å². The van der Waals surface area contributed by atoms with E-state index >= 15 is 0 Å². The van der Waals surface area contributed by atoms with Crippen LogP contribution >= 0.6 is 0 Å². The first-order valence-corrected chi connectivity index (χ1v) is 11.9. The number of benzene rings is 2. The molecule has 1 N–H and O–H groups in total. The number of carbonyl (C=O) groups excluding carboxylic acids is 1. The Balaban J connectivity index is 1.71. The summed E-state index contributed by atoms with van der Waals surface area (Å²) in [5.41, 5.74) is 1.91. The fourth-order valence-corrected chi connectivity index (χ4v) is 5.27. The number of morpholine rings is 2. The van der Waals surface area contributed by atoms with Gasteiger partial charge in [-0.05, 0) is 48.9 Å². The minimum Gasteiger partial charge on any atom is -0.379 e. The van der Waals surface area contributed by atoms with E-state index in [0.29, 0.717) is 56.5 Å². The van der Waals surface area contributed by atoms with Crippen LogP contribution in [-0.4, -0.2) is 71.2 Å². The van der Waals surface area contributed by atoms with Gasteiger partial charge in [-0.2, -0.15) is 4.31 Å². The average Bonchev–Trinajstić information content (AvgIpc) is 2.81. The number of nitrogens with one attached hydrogen (secondary N) is 1. The zero-order valence-corrected chi connectivity index (χ0v) is 18.7. The van der Waals surface area contributed by atoms with Gasteiger partial charge in [0, 0.05) is 37.6 Å². The van der Waals surface area contributed by atoms with Gasteiger partial charge in [-0.1, -0.05) is 0 Å². The summed E-state index contributed by atoms with van der Waals surface area (Å²) in [4.78, 5) is 15.3. The van der Waals surface area contributed by atoms with Crippen molar-refractivity contribution in [2.24, 2.45) is 0 Å². The monoisotopic (exact) mass is 463 g/mol. The van der Waals surface area contributed by atoms with Gasteiger partial charge >= 0.3 is 0 Å². The largest absolute Gasteiger partial charge is 0.379 e. The van der Waals surface area contributed by atoms with E-state index < -0.39 is 21.7 Å². The standard InChI is InChI=1S/C22H26FN3O5S/c1-16-14-17(23)2-4-20(16)24-22(27)19-15-18(32(28,29)26-8-12-31-13-9-26)3-5-21(19)25-6-10-30-11-7-25/h2-5,14-15H,6-13H2,1H3,(H,24,27). The molecule has 2 aromatic carbocycles. The van der Waals surface area contributed by atoms with Crippen molar-refractivity contribution in [1.29, 1.82) is 0 Å². The fourth-order valence-electron chi connectivity index (χ4n) is 3.83. The van der Waals surface area contributed by atoms with Crippen molar-refractivity contribution in [2.75, 3.05) is 62.8 Å². The summed E-state index contributed by atoms with van der Waals surface area (Å²) in [6.07, 6.45) is 0. The molecule has 4 rings (SSSR count). The molecule has 0 saturated carbocycles. The Morgan fingerprint density at radius 3 is 2.28 bits per heavy atom. The summed E-state index contributed by atoms with van der Waals surface area (Å²) in [7, 11) is -3.77. The SMILES string of the molecule is Cc1cc(F)ccc1NC(=O)c1cc(S(=O)(=O)N2CCOCC2)ccc1N1CCOCC1. The van der Waals surface area contributed by atoms with Gasteiger partial charge in [0.05, 0.1) is 36.9 Å². The van der Waals surface area contributed by atoms with Crippen molar-refractivity contribution in [2.45, 2.75) is 11.8 Å². The smallest absolute Gasteiger partial charge is 0.257 e. The number of hydrogen-bond acceptors (Lipinski definition) is 6. The fraction of sp³-hybridized carbons (Fsp3) is 0.409. The number of nitrogens with zero attached hydrogens (tertiary/aromatic N) is 2. The van der Waals surface area contributed by atoms with Crippen LogP contribution in [-0.2, 0) is 19.5 Å². The summed E-state index contributed by atoms with van der Waals surface area (Å²) in [6, 6.07) is 8.72. The molecule has 0 atom stereocenters. The molecule has 0 bridgehead atoms. The molecule has 2 heterocycles. The molecule has 8 nitrogen and oxygen atoms in total. The highest BCUT2D eigenvalue weighted by molar-refractivity contribution is 7.89. The van der Waals surface area contributed by atoms with Gasteiger partial charge in [0.15, 0.2) is 0 Å². The Morgan fingerprint density at radius 1 is 0.969 bits per heavy atom. The molecule has 2 fully saturated rings. The van der Waals surface area contributed by atoms with Crippen LogP contribution in [0.15, 0.2) is 41.3 Å². The Labute approximate surface area is 187 Å². The third-order valence-electron chi connectivity index (χ3n) is 5.61. The van der Waals surface area contributed by atoms with Gasteiger partial charge in [0.2, 0.25) is 10.0 Å². The normalized spacial score (nSPS) is 17.9. The van der Waals surface area contributed by atoms with Crippen molar-refractivity contribution in [3.05, 3.63) is 53.3 Å². The first-order valence-electron chi connectivity index (χ1n) is 10.5. The van der Waals surface area contributed by atoms with Crippen molar-refractivity contribution >= 4 is 27.3 Å². The lowest BCUT2D eigenvalue weighted by atomic mass is 10.1. The maximum Gasteiger partial charge on any atom is 0.257 e. The van der Waals surface area contributed by atoms with E-state index in [1.807, 2.05) is 4.90 Å². The second-order valence-electron chi connectivity index (χ2n) is 7.71. The van der Waals surface area contributed by atoms with E-state index in [1.165, 1.54) is 34.6 Å². The van der Waals surface area contributed by atoms with Crippen molar-refractivity contribution in [3.63, 3.8) is 0 Å². The zero-order chi connectivity index (χ0) is 22.7. The molecule has 32 heavy (non-hydrogen) atoms. The first-order chi connectivity index (χ1) is 15.4. The van der Waals surface area contributed by atoms with Crippen LogP contribution < -0.4 is 10.2 Å². The van der Waals surface area contributed by atoms with Crippen LogP contribution in [0, 0.1) is 12.7 Å². The van der Waals surface area contributed by atoms with E-state index in [1.54, 1.807) is 13.0 Å². The topological polar surface area (TPSA) is 88.2 Å². The van der Waals surface area contributed by atoms with Crippen LogP contribution in [0.2, 0.25) is 0 Å². The summed E-state index contributed by atoms with van der Waals surface area (Å²) >= 11 is 0. The van der Waals surface area contributed by atoms with Crippen LogP contribution in [0.1, 0.15) is 15.9 Å². The second-order valence-corrected chi connectivity index (χ2v) is 9.65. The van der Waals surface area contributed by atoms with Crippen LogP contribution in [0.25, 0.3) is 0 Å². The second kappa shape index (κ2) is 9.53. The molecule has 2 saturated heterocycles. The van der Waals surface area contributed by atoms with Crippen molar-refractivity contribution in [3.8, 4) is 0 Å². The number of aryl methyl sites for hydroxylation is 1. The van der Waals surface area contributed by atoms with E-state index in [4.69, 9.17) is 9.47 Å². The first kappa shape index (κ1) is 22.7. The van der Waals surface area contributed by atoms with E-state index in [9.17, 15) is 17.6 Å². The molecule has 0 spiro atoms. The molecule has 172 valence electrons. The maximum absolute atomic E-state index is 13.5. The van der Waals surface area contributed by atoms with Crippen LogP contribution in [0.5, 0.6) is 0 Å². The molecule has 0 aromatic heterocycles. The number of rotatable bonds is 5. The predicted molar refractivity (Wildman–Crippen MR) is 118 cm³/mol. The molecule has 2 aliphatic heterocycles. The number of carbonyl (C=O) groups is 1. The van der Waals surface area contributed by atoms with Gasteiger partial charge in [-0.25, -0.2) is 12.8 Å². The lowest BCUT2D eigenvalue weighted by Gasteiger charge is -2.31. The highest BCUT2D eigenvalue weighted by atomic mass is 32.2. The van der Waals surface area contributed by atoms with E-state index in [-0.39, 0.29) is 23.5 Å². The summed E-state index contributed by atoms with van der Waals surface area (Å²) in [6.45, 7) is 5.12. The molecule has 10 heteroatoms. The molecular weight excluding hydrogens is 437 g/mol. The van der Waals surface area contributed by atoms with Crippen LogP contribution in [0.4, 0.5) is 15.8 Å². The highest BCUT2D eigenvalue weighted by Gasteiger charge is 2.29. The van der Waals surface area contributed by atoms with Gasteiger partial charge in [-0.15, -0.1) is 0 Å². The van der Waals surface area contributed by atoms with Crippen LogP contribution in [0.3, 0.4) is 0 Å².